The van der Waals surface area contributed by atoms with Crippen LogP contribution in [0, 0.1) is 0 Å². The summed E-state index contributed by atoms with van der Waals surface area (Å²) in [6, 6.07) is 15.1. The summed E-state index contributed by atoms with van der Waals surface area (Å²) in [4.78, 5) is 1.87. The zero-order chi connectivity index (χ0) is 11.4. The van der Waals surface area contributed by atoms with Gasteiger partial charge in [-0.25, -0.2) is 0 Å². The van der Waals surface area contributed by atoms with Gasteiger partial charge >= 0.3 is 0 Å². The van der Waals surface area contributed by atoms with Crippen LogP contribution in [-0.4, -0.2) is 10.2 Å². The van der Waals surface area contributed by atoms with Gasteiger partial charge in [0.25, 0.3) is 0 Å². The number of hydrogen-bond acceptors (Lipinski definition) is 3. The highest BCUT2D eigenvalue weighted by Gasteiger charge is 2.04. The lowest BCUT2D eigenvalue weighted by molar-refractivity contribution is 0.281. The number of phenolic OH excluding ortho intramolecular Hbond substituents is 1. The summed E-state index contributed by atoms with van der Waals surface area (Å²) in [5.74, 6) is 0.209. The zero-order valence-corrected chi connectivity index (χ0v) is 9.45. The molecular formula is C13H12O2S. The molecule has 0 unspecified atom stereocenters. The van der Waals surface area contributed by atoms with Gasteiger partial charge in [-0.15, -0.1) is 0 Å². The van der Waals surface area contributed by atoms with Crippen LogP contribution in [0.15, 0.2) is 58.3 Å². The molecule has 2 aromatic rings. The molecule has 0 aliphatic carbocycles. The molecule has 0 heterocycles. The first kappa shape index (κ1) is 11.0. The van der Waals surface area contributed by atoms with E-state index in [1.165, 1.54) is 11.8 Å². The van der Waals surface area contributed by atoms with Crippen molar-refractivity contribution in [2.45, 2.75) is 16.4 Å². The van der Waals surface area contributed by atoms with Gasteiger partial charge in [-0.05, 0) is 29.8 Å². The minimum Gasteiger partial charge on any atom is -0.507 e. The lowest BCUT2D eigenvalue weighted by atomic mass is 10.2. The predicted octanol–water partition coefficient (Wildman–Crippen LogP) is 3.04. The summed E-state index contributed by atoms with van der Waals surface area (Å²) in [7, 11) is 0. The maximum absolute atomic E-state index is 9.75. The summed E-state index contributed by atoms with van der Waals surface area (Å²) in [5.41, 5.74) is 0.718. The summed E-state index contributed by atoms with van der Waals surface area (Å²) in [5, 5.41) is 18.7. The first-order chi connectivity index (χ1) is 7.79. The van der Waals surface area contributed by atoms with E-state index < -0.39 is 0 Å². The number of hydrogen-bond donors (Lipinski definition) is 2. The molecule has 2 N–H and O–H groups in total. The van der Waals surface area contributed by atoms with E-state index in [2.05, 4.69) is 0 Å². The molecule has 0 saturated heterocycles. The van der Waals surface area contributed by atoms with Crippen LogP contribution in [0.4, 0.5) is 0 Å². The van der Waals surface area contributed by atoms with Gasteiger partial charge in [0.15, 0.2) is 0 Å². The second-order valence-electron chi connectivity index (χ2n) is 3.38. The van der Waals surface area contributed by atoms with Crippen molar-refractivity contribution in [1.82, 2.24) is 0 Å². The van der Waals surface area contributed by atoms with Crippen molar-refractivity contribution in [3.8, 4) is 5.75 Å². The zero-order valence-electron chi connectivity index (χ0n) is 8.63. The van der Waals surface area contributed by atoms with E-state index in [0.717, 1.165) is 15.4 Å². The van der Waals surface area contributed by atoms with E-state index in [0.29, 0.717) is 0 Å². The first-order valence-electron chi connectivity index (χ1n) is 4.95. The molecule has 0 radical (unpaired) electrons. The predicted molar refractivity (Wildman–Crippen MR) is 64.6 cm³/mol. The quantitative estimate of drug-likeness (QED) is 0.854. The van der Waals surface area contributed by atoms with Gasteiger partial charge in [0.05, 0.1) is 11.5 Å². The van der Waals surface area contributed by atoms with Crippen molar-refractivity contribution < 1.29 is 10.2 Å². The van der Waals surface area contributed by atoms with Crippen molar-refractivity contribution in [3.63, 3.8) is 0 Å². The van der Waals surface area contributed by atoms with E-state index >= 15 is 0 Å². The molecule has 0 bridgehead atoms. The SMILES string of the molecule is OCc1ccc(Sc2ccccc2)c(O)c1. The Morgan fingerprint density at radius 2 is 1.75 bits per heavy atom. The standard InChI is InChI=1S/C13H12O2S/c14-9-10-6-7-13(12(15)8-10)16-11-4-2-1-3-5-11/h1-8,14-15H,9H2. The van der Waals surface area contributed by atoms with Gasteiger partial charge in [-0.3, -0.25) is 0 Å². The fourth-order valence-electron chi connectivity index (χ4n) is 1.36. The van der Waals surface area contributed by atoms with Crippen molar-refractivity contribution in [3.05, 3.63) is 54.1 Å². The topological polar surface area (TPSA) is 40.5 Å². The van der Waals surface area contributed by atoms with E-state index in [-0.39, 0.29) is 12.4 Å². The van der Waals surface area contributed by atoms with Gasteiger partial charge in [0, 0.05) is 4.90 Å². The van der Waals surface area contributed by atoms with Crippen LogP contribution in [0.5, 0.6) is 5.75 Å². The summed E-state index contributed by atoms with van der Waals surface area (Å²) < 4.78 is 0. The molecule has 16 heavy (non-hydrogen) atoms. The van der Waals surface area contributed by atoms with Crippen LogP contribution in [0.1, 0.15) is 5.56 Å². The molecule has 2 rings (SSSR count). The Labute approximate surface area is 98.6 Å². The molecule has 3 heteroatoms. The molecule has 0 aliphatic heterocycles. The highest BCUT2D eigenvalue weighted by molar-refractivity contribution is 7.99. The Morgan fingerprint density at radius 3 is 2.38 bits per heavy atom. The van der Waals surface area contributed by atoms with Gasteiger partial charge in [-0.2, -0.15) is 0 Å². The number of phenols is 1. The lowest BCUT2D eigenvalue weighted by Gasteiger charge is -2.05. The van der Waals surface area contributed by atoms with E-state index in [4.69, 9.17) is 5.11 Å². The molecule has 2 nitrogen and oxygen atoms in total. The summed E-state index contributed by atoms with van der Waals surface area (Å²) in [6.45, 7) is -0.0517. The molecule has 0 aliphatic rings. The molecule has 0 spiro atoms. The minimum absolute atomic E-state index is 0.0517. The van der Waals surface area contributed by atoms with Gasteiger partial charge in [-0.1, -0.05) is 36.0 Å². The highest BCUT2D eigenvalue weighted by atomic mass is 32.2. The Balaban J connectivity index is 2.22. The molecule has 0 amide bonds. The molecule has 0 aromatic heterocycles. The van der Waals surface area contributed by atoms with E-state index in [1.54, 1.807) is 6.07 Å². The largest absolute Gasteiger partial charge is 0.507 e. The fraction of sp³-hybridized carbons (Fsp3) is 0.0769. The van der Waals surface area contributed by atoms with Crippen LogP contribution >= 0.6 is 11.8 Å². The third-order valence-electron chi connectivity index (χ3n) is 2.18. The molecule has 0 atom stereocenters. The average Bonchev–Trinajstić information content (AvgIpc) is 2.33. The van der Waals surface area contributed by atoms with E-state index in [1.807, 2.05) is 42.5 Å². The molecule has 0 fully saturated rings. The molecular weight excluding hydrogens is 220 g/mol. The Kier molecular flexibility index (Phi) is 3.49. The van der Waals surface area contributed by atoms with Gasteiger partial charge < -0.3 is 10.2 Å². The van der Waals surface area contributed by atoms with Crippen LogP contribution in [-0.2, 0) is 6.61 Å². The highest BCUT2D eigenvalue weighted by Crippen LogP contribution is 2.34. The van der Waals surface area contributed by atoms with Crippen molar-refractivity contribution in [1.29, 1.82) is 0 Å². The number of aromatic hydroxyl groups is 1. The van der Waals surface area contributed by atoms with Crippen LogP contribution in [0.2, 0.25) is 0 Å². The summed E-state index contributed by atoms with van der Waals surface area (Å²) >= 11 is 1.50. The van der Waals surface area contributed by atoms with E-state index in [9.17, 15) is 5.11 Å². The van der Waals surface area contributed by atoms with Crippen LogP contribution < -0.4 is 0 Å². The van der Waals surface area contributed by atoms with Crippen LogP contribution in [0.3, 0.4) is 0 Å². The Bertz CT molecular complexity index is 469. The second kappa shape index (κ2) is 5.05. The van der Waals surface area contributed by atoms with Crippen molar-refractivity contribution in [2.24, 2.45) is 0 Å². The van der Waals surface area contributed by atoms with Gasteiger partial charge in [0.2, 0.25) is 0 Å². The molecule has 2 aromatic carbocycles. The minimum atomic E-state index is -0.0517. The Hall–Kier alpha value is -1.45. The number of benzene rings is 2. The lowest BCUT2D eigenvalue weighted by Crippen LogP contribution is -1.83. The van der Waals surface area contributed by atoms with Crippen molar-refractivity contribution >= 4 is 11.8 Å². The van der Waals surface area contributed by atoms with Crippen LogP contribution in [0.25, 0.3) is 0 Å². The Morgan fingerprint density at radius 1 is 1.00 bits per heavy atom. The molecule has 0 saturated carbocycles. The number of aliphatic hydroxyl groups is 1. The fourth-order valence-corrected chi connectivity index (χ4v) is 2.21. The van der Waals surface area contributed by atoms with Gasteiger partial charge in [0.1, 0.15) is 5.75 Å². The molecule has 82 valence electrons. The first-order valence-corrected chi connectivity index (χ1v) is 5.77. The average molecular weight is 232 g/mol. The smallest absolute Gasteiger partial charge is 0.129 e. The number of aliphatic hydroxyl groups excluding tert-OH is 1. The van der Waals surface area contributed by atoms with Crippen molar-refractivity contribution in [2.75, 3.05) is 0 Å². The maximum atomic E-state index is 9.75. The monoisotopic (exact) mass is 232 g/mol. The normalized spacial score (nSPS) is 10.3. The second-order valence-corrected chi connectivity index (χ2v) is 4.49. The number of rotatable bonds is 3. The summed E-state index contributed by atoms with van der Waals surface area (Å²) in [6.07, 6.45) is 0. The third kappa shape index (κ3) is 2.56. The third-order valence-corrected chi connectivity index (χ3v) is 3.25. The maximum Gasteiger partial charge on any atom is 0.129 e.